The van der Waals surface area contributed by atoms with Crippen molar-refractivity contribution in [2.75, 3.05) is 17.3 Å². The minimum absolute atomic E-state index is 0.174. The van der Waals surface area contributed by atoms with Gasteiger partial charge in [-0.25, -0.2) is 18.4 Å². The highest BCUT2D eigenvalue weighted by Gasteiger charge is 2.21. The Labute approximate surface area is 151 Å². The molecule has 1 aliphatic carbocycles. The normalized spacial score (nSPS) is 14.0. The van der Waals surface area contributed by atoms with Crippen LogP contribution in [0.3, 0.4) is 0 Å². The first-order chi connectivity index (χ1) is 12.0. The zero-order chi connectivity index (χ0) is 17.4. The van der Waals surface area contributed by atoms with E-state index in [1.165, 1.54) is 23.1 Å². The van der Waals surface area contributed by atoms with Crippen LogP contribution in [0.2, 0.25) is 0 Å². The summed E-state index contributed by atoms with van der Waals surface area (Å²) in [6.45, 7) is 0. The van der Waals surface area contributed by atoms with E-state index in [0.29, 0.717) is 6.42 Å². The van der Waals surface area contributed by atoms with Crippen molar-refractivity contribution in [1.29, 1.82) is 0 Å². The van der Waals surface area contributed by atoms with Crippen LogP contribution in [0.5, 0.6) is 0 Å². The molecule has 0 saturated carbocycles. The largest absolute Gasteiger partial charge is 0.340 e. The molecule has 1 N–H and O–H groups in total. The maximum absolute atomic E-state index is 11.3. The Bertz CT molecular complexity index is 1020. The lowest BCUT2D eigenvalue weighted by atomic mass is 10.1. The first-order valence-electron chi connectivity index (χ1n) is 8.28. The molecule has 0 unspecified atom stereocenters. The fraction of sp³-hybridized carbons (Fsp3) is 0.333. The van der Waals surface area contributed by atoms with Gasteiger partial charge in [0, 0.05) is 16.8 Å². The van der Waals surface area contributed by atoms with Gasteiger partial charge in [-0.05, 0) is 48.9 Å². The number of sulfone groups is 1. The summed E-state index contributed by atoms with van der Waals surface area (Å²) in [4.78, 5) is 11.4. The van der Waals surface area contributed by atoms with Gasteiger partial charge in [0.1, 0.15) is 26.8 Å². The van der Waals surface area contributed by atoms with Gasteiger partial charge in [0.05, 0.1) is 11.1 Å². The summed E-state index contributed by atoms with van der Waals surface area (Å²) in [5.74, 6) is 1.03. The molecule has 4 rings (SSSR count). The quantitative estimate of drug-likeness (QED) is 0.741. The van der Waals surface area contributed by atoms with E-state index in [1.54, 1.807) is 17.7 Å². The van der Waals surface area contributed by atoms with Crippen molar-refractivity contribution in [1.82, 2.24) is 9.97 Å². The predicted octanol–water partition coefficient (Wildman–Crippen LogP) is 3.51. The lowest BCUT2D eigenvalue weighted by Crippen LogP contribution is -2.05. The number of nitrogens with one attached hydrogen (secondary N) is 1. The van der Waals surface area contributed by atoms with Gasteiger partial charge in [-0.15, -0.1) is 11.3 Å². The molecule has 0 atom stereocenters. The molecule has 5 nitrogen and oxygen atoms in total. The van der Waals surface area contributed by atoms with E-state index in [-0.39, 0.29) is 5.75 Å². The van der Waals surface area contributed by atoms with Gasteiger partial charge in [-0.3, -0.25) is 0 Å². The van der Waals surface area contributed by atoms with Crippen molar-refractivity contribution >= 4 is 42.9 Å². The molecule has 7 heteroatoms. The second-order valence-corrected chi connectivity index (χ2v) is 9.80. The van der Waals surface area contributed by atoms with Crippen LogP contribution in [0.4, 0.5) is 11.5 Å². The molecular weight excluding hydrogens is 354 g/mol. The van der Waals surface area contributed by atoms with Gasteiger partial charge in [-0.1, -0.05) is 12.1 Å². The van der Waals surface area contributed by atoms with Crippen molar-refractivity contribution in [3.63, 3.8) is 0 Å². The monoisotopic (exact) mass is 373 g/mol. The van der Waals surface area contributed by atoms with Gasteiger partial charge in [0.2, 0.25) is 0 Å². The van der Waals surface area contributed by atoms with Crippen LogP contribution in [0.25, 0.3) is 10.2 Å². The molecule has 0 saturated heterocycles. The fourth-order valence-corrected chi connectivity index (χ4v) is 5.05. The zero-order valence-electron chi connectivity index (χ0n) is 13.9. The molecule has 1 aliphatic rings. The third-order valence-corrected chi connectivity index (χ3v) is 6.63. The van der Waals surface area contributed by atoms with Crippen molar-refractivity contribution in [3.8, 4) is 0 Å². The number of aromatic nitrogens is 2. The maximum atomic E-state index is 11.3. The van der Waals surface area contributed by atoms with Crippen LogP contribution in [-0.4, -0.2) is 30.4 Å². The fourth-order valence-electron chi connectivity index (χ4n) is 3.22. The minimum atomic E-state index is -2.94. The smallest absolute Gasteiger partial charge is 0.147 e. The molecule has 0 bridgehead atoms. The van der Waals surface area contributed by atoms with Gasteiger partial charge in [0.25, 0.3) is 0 Å². The van der Waals surface area contributed by atoms with E-state index >= 15 is 0 Å². The molecule has 0 fully saturated rings. The molecule has 1 aromatic carbocycles. The van der Waals surface area contributed by atoms with Gasteiger partial charge >= 0.3 is 0 Å². The number of hydrogen-bond donors (Lipinski definition) is 1. The molecule has 3 aromatic rings. The van der Waals surface area contributed by atoms with Crippen molar-refractivity contribution in [2.45, 2.75) is 25.7 Å². The molecule has 25 heavy (non-hydrogen) atoms. The number of aryl methyl sites for hydroxylation is 3. The average molecular weight is 374 g/mol. The summed E-state index contributed by atoms with van der Waals surface area (Å²) in [5, 5.41) is 4.55. The standard InChI is InChI=1S/C18H19N3O2S2/c1-25(22,23)10-9-12-5-7-13(8-6-12)21-17-16-14-3-2-4-15(14)24-18(16)20-11-19-17/h5-8,11H,2-4,9-10H2,1H3,(H,19,20,21). The summed E-state index contributed by atoms with van der Waals surface area (Å²) in [6, 6.07) is 7.87. The maximum Gasteiger partial charge on any atom is 0.147 e. The summed E-state index contributed by atoms with van der Waals surface area (Å²) in [6.07, 6.45) is 6.86. The van der Waals surface area contributed by atoms with Crippen LogP contribution in [0.1, 0.15) is 22.4 Å². The number of rotatable bonds is 5. The van der Waals surface area contributed by atoms with E-state index in [0.717, 1.165) is 40.1 Å². The summed E-state index contributed by atoms with van der Waals surface area (Å²) in [5.41, 5.74) is 3.36. The van der Waals surface area contributed by atoms with Crippen LogP contribution in [0.15, 0.2) is 30.6 Å². The Morgan fingerprint density at radius 1 is 1.16 bits per heavy atom. The summed E-state index contributed by atoms with van der Waals surface area (Å²) in [7, 11) is -2.94. The third-order valence-electron chi connectivity index (χ3n) is 4.48. The molecular formula is C18H19N3O2S2. The topological polar surface area (TPSA) is 72.0 Å². The lowest BCUT2D eigenvalue weighted by molar-refractivity contribution is 0.601. The van der Waals surface area contributed by atoms with Gasteiger partial charge in [0.15, 0.2) is 0 Å². The Kier molecular flexibility index (Phi) is 4.21. The molecule has 130 valence electrons. The summed E-state index contributed by atoms with van der Waals surface area (Å²) < 4.78 is 22.6. The number of fused-ring (bicyclic) bond motifs is 3. The van der Waals surface area contributed by atoms with Crippen molar-refractivity contribution in [3.05, 3.63) is 46.6 Å². The first-order valence-corrected chi connectivity index (χ1v) is 11.2. The molecule has 0 spiro atoms. The number of benzene rings is 1. The van der Waals surface area contributed by atoms with Crippen molar-refractivity contribution in [2.24, 2.45) is 0 Å². The Morgan fingerprint density at radius 2 is 1.96 bits per heavy atom. The Hall–Kier alpha value is -1.99. The number of thiophene rings is 1. The molecule has 0 aliphatic heterocycles. The lowest BCUT2D eigenvalue weighted by Gasteiger charge is -2.08. The first kappa shape index (κ1) is 16.5. The van der Waals surface area contributed by atoms with E-state index in [4.69, 9.17) is 0 Å². The molecule has 2 heterocycles. The van der Waals surface area contributed by atoms with Crippen LogP contribution in [0, 0.1) is 0 Å². The van der Waals surface area contributed by atoms with Crippen LogP contribution >= 0.6 is 11.3 Å². The SMILES string of the molecule is CS(=O)(=O)CCc1ccc(Nc2ncnc3sc4c(c23)CCC4)cc1. The van der Waals surface area contributed by atoms with Crippen LogP contribution < -0.4 is 5.32 Å². The molecule has 2 aromatic heterocycles. The highest BCUT2D eigenvalue weighted by molar-refractivity contribution is 7.90. The molecule has 0 amide bonds. The highest BCUT2D eigenvalue weighted by atomic mass is 32.2. The van der Waals surface area contributed by atoms with Crippen molar-refractivity contribution < 1.29 is 8.42 Å². The molecule has 0 radical (unpaired) electrons. The predicted molar refractivity (Wildman–Crippen MR) is 103 cm³/mol. The Balaban J connectivity index is 1.57. The highest BCUT2D eigenvalue weighted by Crippen LogP contribution is 2.39. The second-order valence-electron chi connectivity index (χ2n) is 6.46. The van der Waals surface area contributed by atoms with Gasteiger partial charge in [-0.2, -0.15) is 0 Å². The number of nitrogens with zero attached hydrogens (tertiary/aromatic N) is 2. The third kappa shape index (κ3) is 3.52. The van der Waals surface area contributed by atoms with E-state index in [2.05, 4.69) is 15.3 Å². The van der Waals surface area contributed by atoms with E-state index in [1.807, 2.05) is 24.3 Å². The summed E-state index contributed by atoms with van der Waals surface area (Å²) >= 11 is 1.77. The Morgan fingerprint density at radius 3 is 2.72 bits per heavy atom. The minimum Gasteiger partial charge on any atom is -0.340 e. The second kappa shape index (κ2) is 6.38. The number of anilines is 2. The zero-order valence-corrected chi connectivity index (χ0v) is 15.6. The number of hydrogen-bond acceptors (Lipinski definition) is 6. The van der Waals surface area contributed by atoms with E-state index < -0.39 is 9.84 Å². The average Bonchev–Trinajstić information content (AvgIpc) is 3.14. The van der Waals surface area contributed by atoms with Gasteiger partial charge < -0.3 is 5.32 Å². The van der Waals surface area contributed by atoms with Crippen LogP contribution in [-0.2, 0) is 29.1 Å². The van der Waals surface area contributed by atoms with E-state index in [9.17, 15) is 8.42 Å².